The number of hydrogen-bond donors (Lipinski definition) is 0. The maximum atomic E-state index is 12.8. The van der Waals surface area contributed by atoms with Crippen LogP contribution in [0.2, 0.25) is 0 Å². The summed E-state index contributed by atoms with van der Waals surface area (Å²) in [6, 6.07) is 15.1. The Balaban J connectivity index is 2.29. The fourth-order valence-electron chi connectivity index (χ4n) is 2.93. The van der Waals surface area contributed by atoms with Crippen molar-refractivity contribution >= 4 is 29.8 Å². The SMILES string of the molecule is CCOC(=O)/C(=C/c1ccc(OC)c(C(SC)C(=O)OCc2ccccc2)c1)CC. The predicted octanol–water partition coefficient (Wildman–Crippen LogP) is 5.20. The van der Waals surface area contributed by atoms with Gasteiger partial charge in [0.25, 0.3) is 0 Å². The summed E-state index contributed by atoms with van der Waals surface area (Å²) >= 11 is 1.38. The summed E-state index contributed by atoms with van der Waals surface area (Å²) in [6.45, 7) is 4.22. The number of methoxy groups -OCH3 is 1. The summed E-state index contributed by atoms with van der Waals surface area (Å²) in [5.41, 5.74) is 3.00. The summed E-state index contributed by atoms with van der Waals surface area (Å²) in [5.74, 6) is -0.0784. The van der Waals surface area contributed by atoms with Crippen molar-refractivity contribution in [2.24, 2.45) is 0 Å². The number of esters is 2. The molecule has 2 rings (SSSR count). The van der Waals surface area contributed by atoms with Gasteiger partial charge in [0.2, 0.25) is 0 Å². The normalized spacial score (nSPS) is 12.2. The Labute approximate surface area is 182 Å². The van der Waals surface area contributed by atoms with E-state index in [1.54, 1.807) is 26.2 Å². The van der Waals surface area contributed by atoms with Gasteiger partial charge in [-0.15, -0.1) is 11.8 Å². The van der Waals surface area contributed by atoms with Crippen LogP contribution in [0.1, 0.15) is 42.2 Å². The molecule has 1 atom stereocenters. The van der Waals surface area contributed by atoms with Crippen molar-refractivity contribution in [1.29, 1.82) is 0 Å². The van der Waals surface area contributed by atoms with Crippen molar-refractivity contribution in [3.05, 3.63) is 70.8 Å². The molecule has 0 bridgehead atoms. The van der Waals surface area contributed by atoms with Gasteiger partial charge < -0.3 is 14.2 Å². The second-order valence-corrected chi connectivity index (χ2v) is 7.40. The molecule has 0 aromatic heterocycles. The van der Waals surface area contributed by atoms with Gasteiger partial charge in [0, 0.05) is 11.1 Å². The molecule has 0 radical (unpaired) electrons. The van der Waals surface area contributed by atoms with E-state index in [1.165, 1.54) is 11.8 Å². The van der Waals surface area contributed by atoms with Crippen LogP contribution in [0.25, 0.3) is 6.08 Å². The molecule has 0 aliphatic carbocycles. The van der Waals surface area contributed by atoms with Crippen LogP contribution >= 0.6 is 11.8 Å². The Morgan fingerprint density at radius 2 is 1.80 bits per heavy atom. The smallest absolute Gasteiger partial charge is 0.333 e. The minimum Gasteiger partial charge on any atom is -0.496 e. The third-order valence-electron chi connectivity index (χ3n) is 4.47. The van der Waals surface area contributed by atoms with Gasteiger partial charge >= 0.3 is 11.9 Å². The quantitative estimate of drug-likeness (QED) is 0.383. The van der Waals surface area contributed by atoms with Gasteiger partial charge in [0.05, 0.1) is 13.7 Å². The summed E-state index contributed by atoms with van der Waals surface area (Å²) in [5, 5.41) is -0.551. The molecule has 0 heterocycles. The zero-order valence-electron chi connectivity index (χ0n) is 17.8. The van der Waals surface area contributed by atoms with E-state index in [-0.39, 0.29) is 18.5 Å². The molecule has 2 aromatic rings. The van der Waals surface area contributed by atoms with Gasteiger partial charge in [0.1, 0.15) is 17.6 Å². The number of carbonyl (C=O) groups is 2. The molecule has 5 nitrogen and oxygen atoms in total. The van der Waals surface area contributed by atoms with Crippen molar-refractivity contribution in [3.63, 3.8) is 0 Å². The maximum absolute atomic E-state index is 12.8. The van der Waals surface area contributed by atoms with Gasteiger partial charge in [-0.05, 0) is 48.9 Å². The molecule has 0 spiro atoms. The third-order valence-corrected chi connectivity index (χ3v) is 5.39. The highest BCUT2D eigenvalue weighted by Gasteiger charge is 2.25. The molecule has 6 heteroatoms. The summed E-state index contributed by atoms with van der Waals surface area (Å²) in [4.78, 5) is 24.9. The Morgan fingerprint density at radius 3 is 2.40 bits per heavy atom. The van der Waals surface area contributed by atoms with E-state index in [4.69, 9.17) is 14.2 Å². The third kappa shape index (κ3) is 6.39. The molecule has 0 aliphatic rings. The molecule has 2 aromatic carbocycles. The summed E-state index contributed by atoms with van der Waals surface area (Å²) in [7, 11) is 1.57. The van der Waals surface area contributed by atoms with E-state index in [0.29, 0.717) is 29.9 Å². The van der Waals surface area contributed by atoms with E-state index < -0.39 is 5.25 Å². The highest BCUT2D eigenvalue weighted by atomic mass is 32.2. The van der Waals surface area contributed by atoms with Crippen molar-refractivity contribution < 1.29 is 23.8 Å². The molecule has 160 valence electrons. The average molecular weight is 429 g/mol. The minimum atomic E-state index is -0.551. The zero-order valence-corrected chi connectivity index (χ0v) is 18.7. The van der Waals surface area contributed by atoms with Gasteiger partial charge in [-0.25, -0.2) is 4.79 Å². The zero-order chi connectivity index (χ0) is 21.9. The fourth-order valence-corrected chi connectivity index (χ4v) is 3.63. The average Bonchev–Trinajstić information content (AvgIpc) is 2.77. The predicted molar refractivity (Wildman–Crippen MR) is 120 cm³/mol. The summed E-state index contributed by atoms with van der Waals surface area (Å²) < 4.78 is 16.1. The largest absolute Gasteiger partial charge is 0.496 e. The second-order valence-electron chi connectivity index (χ2n) is 6.45. The lowest BCUT2D eigenvalue weighted by Gasteiger charge is -2.18. The molecule has 0 N–H and O–H groups in total. The highest BCUT2D eigenvalue weighted by Crippen LogP contribution is 2.36. The lowest BCUT2D eigenvalue weighted by atomic mass is 10.0. The van der Waals surface area contributed by atoms with E-state index in [0.717, 1.165) is 11.1 Å². The fraction of sp³-hybridized carbons (Fsp3) is 0.333. The van der Waals surface area contributed by atoms with Crippen molar-refractivity contribution in [1.82, 2.24) is 0 Å². The maximum Gasteiger partial charge on any atom is 0.333 e. The van der Waals surface area contributed by atoms with Crippen LogP contribution in [0.15, 0.2) is 54.1 Å². The monoisotopic (exact) mass is 428 g/mol. The standard InChI is InChI=1S/C24H28O5S/c1-5-19(23(25)28-6-2)14-18-12-13-21(27-3)20(15-18)22(30-4)24(26)29-16-17-10-8-7-9-11-17/h7-15,22H,5-6,16H2,1-4H3/b19-14+. The van der Waals surface area contributed by atoms with E-state index in [1.807, 2.05) is 55.6 Å². The number of ether oxygens (including phenoxy) is 3. The van der Waals surface area contributed by atoms with E-state index in [2.05, 4.69) is 0 Å². The second kappa shape index (κ2) is 12.1. The minimum absolute atomic E-state index is 0.210. The Morgan fingerprint density at radius 1 is 1.07 bits per heavy atom. The van der Waals surface area contributed by atoms with Crippen LogP contribution in [-0.2, 0) is 25.7 Å². The number of hydrogen-bond acceptors (Lipinski definition) is 6. The molecule has 0 fully saturated rings. The van der Waals surface area contributed by atoms with Crippen molar-refractivity contribution in [3.8, 4) is 5.75 Å². The molecule has 30 heavy (non-hydrogen) atoms. The first kappa shape index (κ1) is 23.5. The Kier molecular flexibility index (Phi) is 9.48. The lowest BCUT2D eigenvalue weighted by molar-refractivity contribution is -0.144. The molecule has 0 saturated heterocycles. The lowest BCUT2D eigenvalue weighted by Crippen LogP contribution is -2.14. The molecule has 0 amide bonds. The van der Waals surface area contributed by atoms with Crippen molar-refractivity contribution in [2.75, 3.05) is 20.0 Å². The number of carbonyl (C=O) groups excluding carboxylic acids is 2. The van der Waals surface area contributed by atoms with Crippen molar-refractivity contribution in [2.45, 2.75) is 32.1 Å². The van der Waals surface area contributed by atoms with Gasteiger partial charge in [-0.1, -0.05) is 43.3 Å². The van der Waals surface area contributed by atoms with Gasteiger partial charge in [-0.3, -0.25) is 4.79 Å². The number of benzene rings is 2. The van der Waals surface area contributed by atoms with Crippen LogP contribution in [0.3, 0.4) is 0 Å². The number of thioether (sulfide) groups is 1. The van der Waals surface area contributed by atoms with Gasteiger partial charge in [-0.2, -0.15) is 0 Å². The molecular weight excluding hydrogens is 400 g/mol. The van der Waals surface area contributed by atoms with Crippen LogP contribution in [0.4, 0.5) is 0 Å². The first-order valence-electron chi connectivity index (χ1n) is 9.82. The van der Waals surface area contributed by atoms with Crippen LogP contribution < -0.4 is 4.74 Å². The first-order valence-corrected chi connectivity index (χ1v) is 11.1. The first-order chi connectivity index (χ1) is 14.5. The highest BCUT2D eigenvalue weighted by molar-refractivity contribution is 7.99. The molecule has 0 saturated carbocycles. The molecular formula is C24H28O5S. The molecule has 1 unspecified atom stereocenters. The Hall–Kier alpha value is -2.73. The van der Waals surface area contributed by atoms with Crippen LogP contribution in [0, 0.1) is 0 Å². The van der Waals surface area contributed by atoms with Gasteiger partial charge in [0.15, 0.2) is 0 Å². The Bertz CT molecular complexity index is 876. The van der Waals surface area contributed by atoms with E-state index in [9.17, 15) is 9.59 Å². The topological polar surface area (TPSA) is 61.8 Å². The van der Waals surface area contributed by atoms with Crippen LogP contribution in [0.5, 0.6) is 5.75 Å². The summed E-state index contributed by atoms with van der Waals surface area (Å²) in [6.07, 6.45) is 4.19. The van der Waals surface area contributed by atoms with E-state index >= 15 is 0 Å². The number of rotatable bonds is 10. The molecule has 0 aliphatic heterocycles. The van der Waals surface area contributed by atoms with Crippen LogP contribution in [-0.4, -0.2) is 31.9 Å².